The van der Waals surface area contributed by atoms with Crippen LogP contribution in [-0.2, 0) is 0 Å². The topological polar surface area (TPSA) is 137 Å². The van der Waals surface area contributed by atoms with Crippen molar-refractivity contribution in [2.24, 2.45) is 5.73 Å². The molecule has 0 radical (unpaired) electrons. The largest absolute Gasteiger partial charge is 0.370 e. The fourth-order valence-corrected chi connectivity index (χ4v) is 4.15. The van der Waals surface area contributed by atoms with Gasteiger partial charge in [0.1, 0.15) is 5.82 Å². The lowest BCUT2D eigenvalue weighted by Crippen LogP contribution is -2.37. The summed E-state index contributed by atoms with van der Waals surface area (Å²) in [6.45, 7) is 0. The van der Waals surface area contributed by atoms with Crippen molar-refractivity contribution in [2.75, 3.05) is 31.4 Å². The van der Waals surface area contributed by atoms with Crippen molar-refractivity contribution >= 4 is 45.2 Å². The molecule has 0 amide bonds. The molecule has 3 aromatic carbocycles. The van der Waals surface area contributed by atoms with Crippen LogP contribution in [0.2, 0.25) is 0 Å². The Labute approximate surface area is 202 Å². The van der Waals surface area contributed by atoms with Gasteiger partial charge < -0.3 is 30.8 Å². The molecule has 7 N–H and O–H groups in total. The second-order valence-corrected chi connectivity index (χ2v) is 8.64. The molecule has 35 heavy (non-hydrogen) atoms. The lowest BCUT2D eigenvalue weighted by atomic mass is 10.0. The van der Waals surface area contributed by atoms with Gasteiger partial charge in [-0.25, -0.2) is 4.98 Å². The van der Waals surface area contributed by atoms with Gasteiger partial charge in [0.05, 0.1) is 11.0 Å². The molecule has 2 heterocycles. The van der Waals surface area contributed by atoms with Crippen LogP contribution in [0.4, 0.5) is 11.4 Å². The second kappa shape index (κ2) is 8.53. The van der Waals surface area contributed by atoms with Gasteiger partial charge in [-0.3, -0.25) is 10.8 Å². The predicted molar refractivity (Wildman–Crippen MR) is 144 cm³/mol. The van der Waals surface area contributed by atoms with Gasteiger partial charge in [0.2, 0.25) is 0 Å². The second-order valence-electron chi connectivity index (χ2n) is 8.64. The van der Waals surface area contributed by atoms with E-state index in [1.54, 1.807) is 4.90 Å². The Hall–Kier alpha value is -4.79. The monoisotopic (exact) mass is 465 g/mol. The Morgan fingerprint density at radius 1 is 0.914 bits per heavy atom. The van der Waals surface area contributed by atoms with Crippen molar-refractivity contribution < 1.29 is 0 Å². The fourth-order valence-electron chi connectivity index (χ4n) is 4.15. The number of hydrogen-bond donors (Lipinski definition) is 6. The van der Waals surface area contributed by atoms with Gasteiger partial charge >= 0.3 is 0 Å². The molecular weight excluding hydrogens is 438 g/mol. The van der Waals surface area contributed by atoms with Crippen molar-refractivity contribution in [1.82, 2.24) is 19.9 Å². The molecule has 0 saturated heterocycles. The highest BCUT2D eigenvalue weighted by molar-refractivity contribution is 5.99. The predicted octanol–water partition coefficient (Wildman–Crippen LogP) is 4.62. The van der Waals surface area contributed by atoms with Crippen LogP contribution < -0.4 is 16.0 Å². The molecule has 0 aliphatic rings. The molecule has 0 atom stereocenters. The molecular formula is C26H27N9. The first-order valence-corrected chi connectivity index (χ1v) is 11.1. The number of guanidine groups is 2. The van der Waals surface area contributed by atoms with Crippen LogP contribution >= 0.6 is 0 Å². The van der Waals surface area contributed by atoms with Crippen LogP contribution in [0.15, 0.2) is 66.9 Å². The summed E-state index contributed by atoms with van der Waals surface area (Å²) in [7, 11) is 5.59. The van der Waals surface area contributed by atoms with Crippen LogP contribution in [0.25, 0.3) is 44.5 Å². The number of anilines is 2. The van der Waals surface area contributed by atoms with Crippen LogP contribution in [-0.4, -0.2) is 52.9 Å². The highest BCUT2D eigenvalue weighted by atomic mass is 15.3. The van der Waals surface area contributed by atoms with Gasteiger partial charge in [0, 0.05) is 55.2 Å². The number of imidazole rings is 1. The number of H-pyrrole nitrogens is 2. The first kappa shape index (κ1) is 22.0. The summed E-state index contributed by atoms with van der Waals surface area (Å²) < 4.78 is 0. The molecule has 5 aromatic rings. The Kier molecular flexibility index (Phi) is 5.37. The van der Waals surface area contributed by atoms with E-state index in [9.17, 15) is 0 Å². The summed E-state index contributed by atoms with van der Waals surface area (Å²) in [5.74, 6) is 1.10. The standard InChI is InChI=1S/C26H27N9/c1-34(2)26(29)35(3)18-9-11-22-23(13-18)33-24(32-22)20-14-30-21-10-6-16(12-19(20)21)15-4-7-17(8-5-15)31-25(27)28/h4-14,29-30H,1-3H3,(H,32,33)(H4,27,28,31). The van der Waals surface area contributed by atoms with Gasteiger partial charge in [-0.1, -0.05) is 18.2 Å². The number of aromatic amines is 2. The van der Waals surface area contributed by atoms with Crippen molar-refractivity contribution in [3.63, 3.8) is 0 Å². The zero-order chi connectivity index (χ0) is 24.7. The summed E-state index contributed by atoms with van der Waals surface area (Å²) in [5.41, 5.74) is 13.0. The smallest absolute Gasteiger partial charge is 0.197 e. The average molecular weight is 466 g/mol. The number of benzene rings is 3. The summed E-state index contributed by atoms with van der Waals surface area (Å²) >= 11 is 0. The van der Waals surface area contributed by atoms with E-state index >= 15 is 0 Å². The maximum Gasteiger partial charge on any atom is 0.197 e. The van der Waals surface area contributed by atoms with Crippen LogP contribution in [0, 0.1) is 10.8 Å². The van der Waals surface area contributed by atoms with E-state index in [1.807, 2.05) is 74.7 Å². The lowest BCUT2D eigenvalue weighted by Gasteiger charge is -2.24. The lowest BCUT2D eigenvalue weighted by molar-refractivity contribution is 0.603. The molecule has 0 aliphatic carbocycles. The Morgan fingerprint density at radius 2 is 1.66 bits per heavy atom. The minimum Gasteiger partial charge on any atom is -0.370 e. The summed E-state index contributed by atoms with van der Waals surface area (Å²) in [4.78, 5) is 15.2. The van der Waals surface area contributed by atoms with Crippen molar-refractivity contribution in [3.05, 3.63) is 66.9 Å². The van der Waals surface area contributed by atoms with E-state index in [2.05, 4.69) is 33.5 Å². The minimum absolute atomic E-state index is 0.0864. The number of nitrogens with one attached hydrogen (secondary N) is 5. The summed E-state index contributed by atoms with van der Waals surface area (Å²) in [6.07, 6.45) is 1.97. The van der Waals surface area contributed by atoms with Gasteiger partial charge in [0.15, 0.2) is 11.9 Å². The third-order valence-electron chi connectivity index (χ3n) is 6.03. The average Bonchev–Trinajstić information content (AvgIpc) is 3.46. The zero-order valence-corrected chi connectivity index (χ0v) is 19.8. The van der Waals surface area contributed by atoms with E-state index in [1.165, 1.54) is 0 Å². The van der Waals surface area contributed by atoms with Gasteiger partial charge in [-0.05, 0) is 53.6 Å². The van der Waals surface area contributed by atoms with Crippen molar-refractivity contribution in [3.8, 4) is 22.5 Å². The summed E-state index contributed by atoms with van der Waals surface area (Å²) in [6, 6.07) is 20.1. The maximum absolute atomic E-state index is 8.24. The molecule has 0 aliphatic heterocycles. The highest BCUT2D eigenvalue weighted by Crippen LogP contribution is 2.33. The van der Waals surface area contributed by atoms with E-state index in [4.69, 9.17) is 21.5 Å². The molecule has 176 valence electrons. The fraction of sp³-hybridized carbons (Fsp3) is 0.115. The van der Waals surface area contributed by atoms with Crippen molar-refractivity contribution in [2.45, 2.75) is 0 Å². The molecule has 5 rings (SSSR count). The third kappa shape index (κ3) is 4.15. The molecule has 0 spiro atoms. The van der Waals surface area contributed by atoms with E-state index in [0.717, 1.165) is 55.8 Å². The highest BCUT2D eigenvalue weighted by Gasteiger charge is 2.14. The molecule has 0 fully saturated rings. The number of nitrogens with two attached hydrogens (primary N) is 1. The maximum atomic E-state index is 8.24. The van der Waals surface area contributed by atoms with Gasteiger partial charge in [0.25, 0.3) is 0 Å². The molecule has 0 saturated carbocycles. The van der Waals surface area contributed by atoms with E-state index < -0.39 is 0 Å². The van der Waals surface area contributed by atoms with E-state index in [0.29, 0.717) is 5.96 Å². The number of fused-ring (bicyclic) bond motifs is 2. The molecule has 9 heteroatoms. The molecule has 2 aromatic heterocycles. The quantitative estimate of drug-likeness (QED) is 0.170. The Balaban J connectivity index is 1.50. The third-order valence-corrected chi connectivity index (χ3v) is 6.03. The Bertz CT molecular complexity index is 1560. The van der Waals surface area contributed by atoms with Gasteiger partial charge in [-0.15, -0.1) is 0 Å². The van der Waals surface area contributed by atoms with Gasteiger partial charge in [-0.2, -0.15) is 0 Å². The molecule has 0 bridgehead atoms. The summed E-state index contributed by atoms with van der Waals surface area (Å²) in [5, 5.41) is 19.5. The van der Waals surface area contributed by atoms with Crippen LogP contribution in [0.5, 0.6) is 0 Å². The zero-order valence-electron chi connectivity index (χ0n) is 19.8. The number of hydrogen-bond acceptors (Lipinski definition) is 3. The van der Waals surface area contributed by atoms with E-state index in [-0.39, 0.29) is 5.96 Å². The molecule has 0 unspecified atom stereocenters. The first-order valence-electron chi connectivity index (χ1n) is 11.1. The first-order chi connectivity index (χ1) is 16.8. The van der Waals surface area contributed by atoms with Crippen LogP contribution in [0.1, 0.15) is 0 Å². The Morgan fingerprint density at radius 3 is 2.37 bits per heavy atom. The van der Waals surface area contributed by atoms with Crippen LogP contribution in [0.3, 0.4) is 0 Å². The molecule has 9 nitrogen and oxygen atoms in total. The minimum atomic E-state index is -0.0864. The number of aromatic nitrogens is 3. The van der Waals surface area contributed by atoms with Crippen molar-refractivity contribution in [1.29, 1.82) is 10.8 Å². The number of nitrogens with zero attached hydrogens (tertiary/aromatic N) is 3. The normalized spacial score (nSPS) is 11.1. The SMILES string of the molecule is CN(C)C(=N)N(C)c1ccc2nc(-c3c[nH]c4ccc(-c5ccc(NC(=N)N)cc5)cc34)[nH]c2c1. The number of rotatable bonds is 4.